The Bertz CT molecular complexity index is 1010. The van der Waals surface area contributed by atoms with Crippen molar-refractivity contribution in [1.82, 2.24) is 14.4 Å². The van der Waals surface area contributed by atoms with Gasteiger partial charge in [0.05, 0.1) is 45.1 Å². The van der Waals surface area contributed by atoms with Crippen molar-refractivity contribution in [3.8, 4) is 22.8 Å². The number of rotatable bonds is 5. The van der Waals surface area contributed by atoms with Gasteiger partial charge in [0.2, 0.25) is 5.65 Å². The Morgan fingerprint density at radius 2 is 1.86 bits per heavy atom. The molecule has 0 aliphatic heterocycles. The third-order valence-corrected chi connectivity index (χ3v) is 5.47. The van der Waals surface area contributed by atoms with Crippen LogP contribution in [0, 0.1) is 0 Å². The molecule has 1 aromatic carbocycles. The second kappa shape index (κ2) is 7.59. The number of nitrogens with zero attached hydrogens (tertiary/aromatic N) is 4. The fourth-order valence-corrected chi connectivity index (χ4v) is 3.86. The normalized spacial score (nSPS) is 19.5. The van der Waals surface area contributed by atoms with Crippen LogP contribution in [0.1, 0.15) is 25.7 Å². The molecule has 0 bridgehead atoms. The van der Waals surface area contributed by atoms with Crippen molar-refractivity contribution in [1.29, 1.82) is 0 Å². The number of methoxy groups -OCH3 is 2. The summed E-state index contributed by atoms with van der Waals surface area (Å²) in [6.45, 7) is 4.24. The number of aliphatic hydroxyl groups is 1. The van der Waals surface area contributed by atoms with Crippen LogP contribution in [0.5, 0.6) is 11.5 Å². The van der Waals surface area contributed by atoms with E-state index >= 15 is 0 Å². The Morgan fingerprint density at radius 3 is 2.57 bits per heavy atom. The van der Waals surface area contributed by atoms with Crippen LogP contribution in [-0.2, 0) is 0 Å². The molecule has 0 amide bonds. The summed E-state index contributed by atoms with van der Waals surface area (Å²) in [4.78, 5) is 9.16. The smallest absolute Gasteiger partial charge is 0.366 e. The number of hydrogen-bond acceptors (Lipinski definition) is 5. The van der Waals surface area contributed by atoms with E-state index in [-0.39, 0.29) is 12.1 Å². The summed E-state index contributed by atoms with van der Waals surface area (Å²) in [5.74, 6) is 2.10. The molecule has 1 saturated carbocycles. The lowest BCUT2D eigenvalue weighted by Crippen LogP contribution is -2.29. The van der Waals surface area contributed by atoms with E-state index in [2.05, 4.69) is 16.7 Å². The Balaban J connectivity index is 1.72. The van der Waals surface area contributed by atoms with Gasteiger partial charge in [-0.05, 0) is 48.9 Å². The van der Waals surface area contributed by atoms with Gasteiger partial charge in [-0.1, -0.05) is 0 Å². The van der Waals surface area contributed by atoms with E-state index in [1.54, 1.807) is 20.4 Å². The number of imidazole rings is 1. The molecule has 146 valence electrons. The lowest BCUT2D eigenvalue weighted by molar-refractivity contribution is -0.485. The summed E-state index contributed by atoms with van der Waals surface area (Å²) in [5.41, 5.74) is 2.67. The lowest BCUT2D eigenvalue weighted by atomic mass is 9.93. The second-order valence-corrected chi connectivity index (χ2v) is 7.09. The van der Waals surface area contributed by atoms with Gasteiger partial charge in [-0.3, -0.25) is 4.40 Å². The fraction of sp³-hybridized carbons (Fsp3) is 0.381. The van der Waals surface area contributed by atoms with E-state index in [9.17, 15) is 5.11 Å². The lowest BCUT2D eigenvalue weighted by Gasteiger charge is -2.24. The van der Waals surface area contributed by atoms with Gasteiger partial charge in [-0.25, -0.2) is 9.56 Å². The number of fused-ring (bicyclic) bond motifs is 1. The molecule has 2 heterocycles. The topological polar surface area (TPSA) is 71.9 Å². The number of ether oxygens (including phenoxy) is 2. The molecule has 0 atom stereocenters. The number of hydrogen-bond donors (Lipinski definition) is 1. The highest BCUT2D eigenvalue weighted by atomic mass is 16.5. The van der Waals surface area contributed by atoms with E-state index in [1.807, 2.05) is 39.6 Å². The van der Waals surface area contributed by atoms with E-state index in [1.165, 1.54) is 0 Å². The van der Waals surface area contributed by atoms with E-state index in [0.717, 1.165) is 48.4 Å². The quantitative estimate of drug-likeness (QED) is 0.543. The Hall–Kier alpha value is -2.93. The molecule has 3 aromatic rings. The van der Waals surface area contributed by atoms with Crippen LogP contribution in [0.2, 0.25) is 0 Å². The van der Waals surface area contributed by atoms with Gasteiger partial charge < -0.3 is 14.6 Å². The third kappa shape index (κ3) is 3.22. The molecule has 7 nitrogen and oxygen atoms in total. The first kappa shape index (κ1) is 18.4. The molecular weight excluding hydrogens is 356 g/mol. The first-order valence-electron chi connectivity index (χ1n) is 9.44. The van der Waals surface area contributed by atoms with Gasteiger partial charge in [-0.15, -0.1) is 0 Å². The maximum Gasteiger partial charge on any atom is 0.366 e. The molecule has 1 N–H and O–H groups in total. The summed E-state index contributed by atoms with van der Waals surface area (Å²) in [5, 5.41) is 9.77. The Morgan fingerprint density at radius 1 is 1.11 bits per heavy atom. The van der Waals surface area contributed by atoms with Crippen LogP contribution >= 0.6 is 0 Å². The predicted octanol–water partition coefficient (Wildman–Crippen LogP) is 3.06. The maximum atomic E-state index is 9.77. The van der Waals surface area contributed by atoms with E-state index < -0.39 is 0 Å². The van der Waals surface area contributed by atoms with Crippen LogP contribution in [0.3, 0.4) is 0 Å². The van der Waals surface area contributed by atoms with Crippen LogP contribution in [0.15, 0.2) is 36.8 Å². The maximum absolute atomic E-state index is 9.77. The van der Waals surface area contributed by atoms with Gasteiger partial charge in [0.25, 0.3) is 0 Å². The minimum Gasteiger partial charge on any atom is -0.493 e. The van der Waals surface area contributed by atoms with E-state index in [0.29, 0.717) is 11.5 Å². The molecule has 1 aliphatic rings. The molecule has 1 fully saturated rings. The highest BCUT2D eigenvalue weighted by molar-refractivity contribution is 5.69. The summed E-state index contributed by atoms with van der Waals surface area (Å²) < 4.78 is 14.7. The van der Waals surface area contributed by atoms with Crippen LogP contribution in [0.25, 0.3) is 16.9 Å². The first-order chi connectivity index (χ1) is 13.6. The molecular formula is C21H25N4O3+. The first-order valence-corrected chi connectivity index (χ1v) is 9.44. The number of benzene rings is 1. The highest BCUT2D eigenvalue weighted by Crippen LogP contribution is 2.33. The molecule has 28 heavy (non-hydrogen) atoms. The molecule has 2 aromatic heterocycles. The van der Waals surface area contributed by atoms with Crippen LogP contribution < -0.4 is 9.47 Å². The summed E-state index contributed by atoms with van der Waals surface area (Å²) in [6, 6.07) is 6.06. The average molecular weight is 381 g/mol. The predicted molar refractivity (Wildman–Crippen MR) is 107 cm³/mol. The molecule has 0 spiro atoms. The summed E-state index contributed by atoms with van der Waals surface area (Å²) in [6.07, 6.45) is 8.70. The molecule has 0 unspecified atom stereocenters. The van der Waals surface area contributed by atoms with Crippen LogP contribution in [-0.4, -0.2) is 57.1 Å². The van der Waals surface area contributed by atoms with Gasteiger partial charge in [0, 0.05) is 5.56 Å². The molecule has 0 radical (unpaired) electrons. The Labute approximate surface area is 163 Å². The van der Waals surface area contributed by atoms with Crippen LogP contribution in [0.4, 0.5) is 5.82 Å². The standard InChI is InChI=1S/C21H25N4O3/c1-24(15-5-7-16(26)8-6-15)20-21-23-13-17(25(21)11-10-22-20)14-4-9-18(27-2)19(12-14)28-3/h4,9-13,15-16,26H,1,5-8H2,2-3H3/q+1. The zero-order valence-corrected chi connectivity index (χ0v) is 16.2. The Kier molecular flexibility index (Phi) is 5.00. The largest absolute Gasteiger partial charge is 0.493 e. The van der Waals surface area contributed by atoms with Crippen molar-refractivity contribution in [3.05, 3.63) is 36.8 Å². The molecule has 4 rings (SSSR count). The summed E-state index contributed by atoms with van der Waals surface area (Å²) in [7, 11) is 3.25. The average Bonchev–Trinajstić information content (AvgIpc) is 3.17. The minimum absolute atomic E-state index is 0.198. The monoisotopic (exact) mass is 381 g/mol. The zero-order chi connectivity index (χ0) is 19.7. The minimum atomic E-state index is -0.198. The summed E-state index contributed by atoms with van der Waals surface area (Å²) >= 11 is 0. The van der Waals surface area contributed by atoms with Crippen molar-refractivity contribution in [3.63, 3.8) is 0 Å². The van der Waals surface area contributed by atoms with Crippen molar-refractivity contribution in [2.24, 2.45) is 0 Å². The SMILES string of the molecule is C=[N+](c1nccn2c(-c3ccc(OC)c(OC)c3)cnc12)C1CCC(O)CC1. The van der Waals surface area contributed by atoms with Gasteiger partial charge in [0.15, 0.2) is 17.7 Å². The van der Waals surface area contributed by atoms with Crippen molar-refractivity contribution < 1.29 is 19.2 Å². The number of aliphatic hydroxyl groups excluding tert-OH is 1. The van der Waals surface area contributed by atoms with Gasteiger partial charge in [-0.2, -0.15) is 0 Å². The molecule has 1 aliphatic carbocycles. The van der Waals surface area contributed by atoms with Crippen molar-refractivity contribution in [2.75, 3.05) is 14.2 Å². The number of aromatic nitrogens is 3. The third-order valence-electron chi connectivity index (χ3n) is 5.47. The van der Waals surface area contributed by atoms with Gasteiger partial charge >= 0.3 is 5.82 Å². The van der Waals surface area contributed by atoms with E-state index in [4.69, 9.17) is 9.47 Å². The molecule has 7 heteroatoms. The highest BCUT2D eigenvalue weighted by Gasteiger charge is 2.29. The molecule has 0 saturated heterocycles. The van der Waals surface area contributed by atoms with Crippen molar-refractivity contribution >= 4 is 18.2 Å². The second-order valence-electron chi connectivity index (χ2n) is 7.09. The zero-order valence-electron chi connectivity index (χ0n) is 16.2. The van der Waals surface area contributed by atoms with Gasteiger partial charge in [0.1, 0.15) is 6.04 Å². The fourth-order valence-electron chi connectivity index (χ4n) is 3.86. The van der Waals surface area contributed by atoms with Crippen molar-refractivity contribution in [2.45, 2.75) is 37.8 Å².